The molecule has 2 heterocycles. The Hall–Kier alpha value is -2.39. The van der Waals surface area contributed by atoms with Crippen molar-refractivity contribution >= 4 is 27.7 Å². The van der Waals surface area contributed by atoms with Crippen LogP contribution in [-0.4, -0.2) is 43.5 Å². The Morgan fingerprint density at radius 2 is 1.88 bits per heavy atom. The molecular weight excluding hydrogens is 424 g/mol. The fourth-order valence-electron chi connectivity index (χ4n) is 4.42. The predicted octanol–water partition coefficient (Wildman–Crippen LogP) is 4.19. The summed E-state index contributed by atoms with van der Waals surface area (Å²) in [7, 11) is -3.31. The molecule has 1 aliphatic heterocycles. The number of rotatable bonds is 8. The number of aliphatic imine (C=N–C) groups is 1. The summed E-state index contributed by atoms with van der Waals surface area (Å²) in [6, 6.07) is 7.72. The highest BCUT2D eigenvalue weighted by Crippen LogP contribution is 2.38. The molecule has 0 spiro atoms. The van der Waals surface area contributed by atoms with E-state index in [1.807, 2.05) is 18.3 Å². The first kappa shape index (κ1) is 22.8. The molecule has 0 bridgehead atoms. The van der Waals surface area contributed by atoms with Gasteiger partial charge in [0.05, 0.1) is 17.9 Å². The van der Waals surface area contributed by atoms with Gasteiger partial charge in [-0.1, -0.05) is 32.4 Å². The molecule has 1 unspecified atom stereocenters. The van der Waals surface area contributed by atoms with E-state index in [1.165, 1.54) is 12.8 Å². The third-order valence-electron chi connectivity index (χ3n) is 6.23. The van der Waals surface area contributed by atoms with Gasteiger partial charge >= 0.3 is 0 Å². The molecule has 0 amide bonds. The first-order valence-corrected chi connectivity index (χ1v) is 13.5. The van der Waals surface area contributed by atoms with Crippen molar-refractivity contribution < 1.29 is 8.42 Å². The first-order valence-electron chi connectivity index (χ1n) is 11.6. The van der Waals surface area contributed by atoms with Gasteiger partial charge in [0.1, 0.15) is 11.5 Å². The Kier molecular flexibility index (Phi) is 6.85. The molecule has 0 radical (unpaired) electrons. The van der Waals surface area contributed by atoms with Crippen LogP contribution in [0.2, 0.25) is 0 Å². The van der Waals surface area contributed by atoms with Gasteiger partial charge in [-0.15, -0.1) is 0 Å². The number of unbranched alkanes of at least 4 members (excludes halogenated alkanes) is 1. The van der Waals surface area contributed by atoms with Crippen LogP contribution in [0.15, 0.2) is 29.3 Å². The lowest BCUT2D eigenvalue weighted by atomic mass is 9.87. The van der Waals surface area contributed by atoms with E-state index in [4.69, 9.17) is 5.10 Å². The van der Waals surface area contributed by atoms with Gasteiger partial charge in [-0.05, 0) is 56.7 Å². The van der Waals surface area contributed by atoms with E-state index >= 15 is 0 Å². The van der Waals surface area contributed by atoms with E-state index in [0.717, 1.165) is 67.0 Å². The highest BCUT2D eigenvalue weighted by atomic mass is 32.2. The number of sulfonamides is 1. The summed E-state index contributed by atoms with van der Waals surface area (Å²) in [5.74, 6) is 1.78. The molecule has 2 aliphatic rings. The van der Waals surface area contributed by atoms with Crippen LogP contribution < -0.4 is 15.4 Å². The molecule has 3 N–H and O–H groups in total. The van der Waals surface area contributed by atoms with Gasteiger partial charge in [-0.2, -0.15) is 5.10 Å². The maximum absolute atomic E-state index is 11.5. The summed E-state index contributed by atoms with van der Waals surface area (Å²) in [4.78, 5) is 4.67. The number of hydrogen-bond acceptors (Lipinski definition) is 6. The molecule has 8 nitrogen and oxygen atoms in total. The van der Waals surface area contributed by atoms with Gasteiger partial charge in [-0.25, -0.2) is 13.1 Å². The quantitative estimate of drug-likeness (QED) is 0.515. The lowest BCUT2D eigenvalue weighted by molar-refractivity contribution is 0.276. The van der Waals surface area contributed by atoms with E-state index in [-0.39, 0.29) is 6.29 Å². The average Bonchev–Trinajstić information content (AvgIpc) is 3.13. The predicted molar refractivity (Wildman–Crippen MR) is 131 cm³/mol. The molecule has 1 atom stereocenters. The van der Waals surface area contributed by atoms with Gasteiger partial charge < -0.3 is 5.32 Å². The monoisotopic (exact) mass is 458 g/mol. The third-order valence-corrected chi connectivity index (χ3v) is 6.84. The summed E-state index contributed by atoms with van der Waals surface area (Å²) in [6.07, 6.45) is 9.85. The molecule has 1 saturated carbocycles. The minimum Gasteiger partial charge on any atom is -0.336 e. The number of nitrogens with one attached hydrogen (secondary N) is 3. The Bertz CT molecular complexity index is 1050. The highest BCUT2D eigenvalue weighted by Gasteiger charge is 2.29. The molecule has 1 aliphatic carbocycles. The molecule has 1 fully saturated rings. The summed E-state index contributed by atoms with van der Waals surface area (Å²) in [6.45, 7) is 5.42. The fraction of sp³-hybridized carbons (Fsp3) is 0.565. The zero-order chi connectivity index (χ0) is 22.7. The van der Waals surface area contributed by atoms with Crippen molar-refractivity contribution in [2.24, 2.45) is 10.9 Å². The molecule has 9 heteroatoms. The Morgan fingerprint density at radius 1 is 1.16 bits per heavy atom. The van der Waals surface area contributed by atoms with Crippen LogP contribution >= 0.6 is 0 Å². The third kappa shape index (κ3) is 5.32. The van der Waals surface area contributed by atoms with Crippen molar-refractivity contribution in [1.29, 1.82) is 0 Å². The first-order chi connectivity index (χ1) is 15.3. The van der Waals surface area contributed by atoms with Crippen LogP contribution in [0.3, 0.4) is 0 Å². The summed E-state index contributed by atoms with van der Waals surface area (Å²) >= 11 is 0. The van der Waals surface area contributed by atoms with E-state index in [2.05, 4.69) is 38.9 Å². The van der Waals surface area contributed by atoms with Crippen LogP contribution in [0.5, 0.6) is 0 Å². The van der Waals surface area contributed by atoms with Crippen molar-refractivity contribution in [1.82, 2.24) is 15.1 Å². The van der Waals surface area contributed by atoms with Crippen LogP contribution in [0.25, 0.3) is 11.3 Å². The summed E-state index contributed by atoms with van der Waals surface area (Å²) in [5.41, 5.74) is 3.33. The van der Waals surface area contributed by atoms with Gasteiger partial charge in [0, 0.05) is 17.5 Å². The number of nitrogens with zero attached hydrogens (tertiary/aromatic N) is 3. The second-order valence-electron chi connectivity index (χ2n) is 9.05. The molecule has 2 aromatic rings. The maximum Gasteiger partial charge on any atom is 0.229 e. The lowest BCUT2D eigenvalue weighted by Gasteiger charge is -2.29. The normalized spacial score (nSPS) is 22.9. The van der Waals surface area contributed by atoms with Gasteiger partial charge in [0.25, 0.3) is 0 Å². The zero-order valence-electron chi connectivity index (χ0n) is 19.1. The highest BCUT2D eigenvalue weighted by molar-refractivity contribution is 7.92. The second kappa shape index (κ2) is 9.62. The van der Waals surface area contributed by atoms with Crippen LogP contribution in [0, 0.1) is 5.92 Å². The number of anilines is 2. The maximum atomic E-state index is 11.5. The van der Waals surface area contributed by atoms with Crippen LogP contribution in [0.4, 0.5) is 11.5 Å². The molecular formula is C23H34N6O2S. The standard InChI is InChI=1S/C23H34N6O2S/c1-4-5-14-24-23-25-15-20-21(17-8-10-18(11-9-17)28-32(3,30)31)27-29(22(20)26-23)19-12-6-16(2)7-13-19/h8-11,15-16,19,23-24,26,28H,4-7,12-14H2,1-3H3. The number of hydrogen-bond donors (Lipinski definition) is 3. The summed E-state index contributed by atoms with van der Waals surface area (Å²) < 4.78 is 27.7. The molecule has 4 rings (SSSR count). The molecule has 32 heavy (non-hydrogen) atoms. The SMILES string of the molecule is CCCCNC1N=Cc2c(-c3ccc(NS(C)(=O)=O)cc3)nn(C3CCC(C)CC3)c2N1. The zero-order valence-corrected chi connectivity index (χ0v) is 20.0. The van der Waals surface area contributed by atoms with Crippen LogP contribution in [-0.2, 0) is 10.0 Å². The van der Waals surface area contributed by atoms with Crippen molar-refractivity contribution in [2.75, 3.05) is 22.8 Å². The van der Waals surface area contributed by atoms with Gasteiger partial charge in [0.2, 0.25) is 10.0 Å². The molecule has 1 aromatic heterocycles. The molecule has 174 valence electrons. The summed E-state index contributed by atoms with van der Waals surface area (Å²) in [5, 5.41) is 12.1. The minimum absolute atomic E-state index is 0.152. The smallest absolute Gasteiger partial charge is 0.229 e. The number of benzene rings is 1. The lowest BCUT2D eigenvalue weighted by Crippen LogP contribution is -2.38. The second-order valence-corrected chi connectivity index (χ2v) is 10.8. The van der Waals surface area contributed by atoms with Crippen molar-refractivity contribution in [3.8, 4) is 11.3 Å². The largest absolute Gasteiger partial charge is 0.336 e. The minimum atomic E-state index is -3.31. The molecule has 0 saturated heterocycles. The van der Waals surface area contributed by atoms with E-state index in [9.17, 15) is 8.42 Å². The van der Waals surface area contributed by atoms with Crippen molar-refractivity contribution in [3.05, 3.63) is 29.8 Å². The van der Waals surface area contributed by atoms with Gasteiger partial charge in [0.15, 0.2) is 6.29 Å². The topological polar surface area (TPSA) is 100 Å². The van der Waals surface area contributed by atoms with E-state index < -0.39 is 10.0 Å². The van der Waals surface area contributed by atoms with E-state index in [1.54, 1.807) is 12.1 Å². The molecule has 1 aromatic carbocycles. The number of aromatic nitrogens is 2. The Morgan fingerprint density at radius 3 is 2.53 bits per heavy atom. The van der Waals surface area contributed by atoms with Crippen LogP contribution in [0.1, 0.15) is 64.0 Å². The van der Waals surface area contributed by atoms with Gasteiger partial charge in [-0.3, -0.25) is 15.0 Å². The Labute approximate surface area is 190 Å². The average molecular weight is 459 g/mol. The van der Waals surface area contributed by atoms with Crippen molar-refractivity contribution in [2.45, 2.75) is 64.7 Å². The van der Waals surface area contributed by atoms with Crippen molar-refractivity contribution in [3.63, 3.8) is 0 Å². The fourth-order valence-corrected chi connectivity index (χ4v) is 4.99. The van der Waals surface area contributed by atoms with E-state index in [0.29, 0.717) is 11.7 Å². The Balaban J connectivity index is 1.64. The number of fused-ring (bicyclic) bond motifs is 1.